The number of piperidine rings is 1. The minimum absolute atomic E-state index is 0.0148. The molecule has 1 fully saturated rings. The number of aromatic hydroxyl groups is 1. The second-order valence-electron chi connectivity index (χ2n) is 9.62. The first-order valence-electron chi connectivity index (χ1n) is 12.2. The van der Waals surface area contributed by atoms with Gasteiger partial charge >= 0.3 is 12.1 Å². The summed E-state index contributed by atoms with van der Waals surface area (Å²) in [7, 11) is 0. The van der Waals surface area contributed by atoms with E-state index in [0.717, 1.165) is 43.1 Å². The van der Waals surface area contributed by atoms with Crippen LogP contribution in [-0.2, 0) is 16.0 Å². The Labute approximate surface area is 228 Å². The minimum atomic E-state index is -5.08. The minimum Gasteiger partial charge on any atom is -0.508 e. The van der Waals surface area contributed by atoms with Gasteiger partial charge in [0.15, 0.2) is 0 Å². The molecule has 2 aliphatic heterocycles. The average Bonchev–Trinajstić information content (AvgIpc) is 3.20. The van der Waals surface area contributed by atoms with Gasteiger partial charge in [0.1, 0.15) is 35.2 Å². The van der Waals surface area contributed by atoms with Crippen molar-refractivity contribution in [3.63, 3.8) is 0 Å². The third kappa shape index (κ3) is 8.91. The molecule has 214 valence electrons. The lowest BCUT2D eigenvalue weighted by atomic mass is 9.87. The van der Waals surface area contributed by atoms with Gasteiger partial charge in [-0.3, -0.25) is 4.79 Å². The van der Waals surface area contributed by atoms with Gasteiger partial charge in [0, 0.05) is 50.0 Å². The number of carbonyl (C=O) groups is 2. The zero-order valence-electron chi connectivity index (χ0n) is 21.3. The number of nitrogens with one attached hydrogen (secondary N) is 1. The number of phenolic OH excluding ortho intramolecular Hbond substituents is 1. The van der Waals surface area contributed by atoms with E-state index in [1.165, 1.54) is 18.6 Å². The number of fused-ring (bicyclic) bond motifs is 1. The molecule has 2 aliphatic rings. The Morgan fingerprint density at radius 1 is 1.23 bits per heavy atom. The second kappa shape index (κ2) is 12.8. The predicted molar refractivity (Wildman–Crippen MR) is 139 cm³/mol. The van der Waals surface area contributed by atoms with Crippen molar-refractivity contribution in [3.8, 4) is 17.2 Å². The number of ether oxygens (including phenoxy) is 2. The summed E-state index contributed by atoms with van der Waals surface area (Å²) in [4.78, 5) is 22.5. The van der Waals surface area contributed by atoms with Crippen molar-refractivity contribution in [2.24, 2.45) is 5.73 Å². The van der Waals surface area contributed by atoms with Crippen molar-refractivity contribution in [2.75, 3.05) is 38.1 Å². The van der Waals surface area contributed by atoms with E-state index in [-0.39, 0.29) is 29.7 Å². The summed E-state index contributed by atoms with van der Waals surface area (Å²) < 4.78 is 43.9. The van der Waals surface area contributed by atoms with Crippen LogP contribution in [0.5, 0.6) is 17.2 Å². The summed E-state index contributed by atoms with van der Waals surface area (Å²) in [6, 6.07) is 10.4. The number of phenols is 1. The van der Waals surface area contributed by atoms with E-state index in [4.69, 9.17) is 36.7 Å². The Morgan fingerprint density at radius 2 is 1.90 bits per heavy atom. The van der Waals surface area contributed by atoms with Crippen LogP contribution in [0.1, 0.15) is 25.3 Å². The fraction of sp³-hybridized carbons (Fsp3) is 0.462. The lowest BCUT2D eigenvalue weighted by Gasteiger charge is -2.39. The number of Topliss-reactive ketones (excluding diaryl/α,β-unsaturated/α-hetero) is 1. The average molecular weight is 574 g/mol. The van der Waals surface area contributed by atoms with Gasteiger partial charge in [0.05, 0.1) is 18.3 Å². The van der Waals surface area contributed by atoms with E-state index in [2.05, 4.69) is 10.2 Å². The molecule has 1 spiro atoms. The second-order valence-corrected chi connectivity index (χ2v) is 10.1. The third-order valence-corrected chi connectivity index (χ3v) is 6.55. The van der Waals surface area contributed by atoms with E-state index >= 15 is 0 Å². The molecule has 0 unspecified atom stereocenters. The van der Waals surface area contributed by atoms with E-state index in [1.807, 2.05) is 18.2 Å². The van der Waals surface area contributed by atoms with Crippen molar-refractivity contribution in [2.45, 2.75) is 44.0 Å². The highest BCUT2D eigenvalue weighted by Crippen LogP contribution is 2.42. The monoisotopic (exact) mass is 573 g/mol. The van der Waals surface area contributed by atoms with Gasteiger partial charge in [-0.2, -0.15) is 13.2 Å². The molecule has 39 heavy (non-hydrogen) atoms. The highest BCUT2D eigenvalue weighted by atomic mass is 35.5. The summed E-state index contributed by atoms with van der Waals surface area (Å²) in [5.74, 6) is -1.21. The van der Waals surface area contributed by atoms with Gasteiger partial charge in [-0.05, 0) is 42.8 Å². The van der Waals surface area contributed by atoms with Gasteiger partial charge in [-0.25, -0.2) is 4.79 Å². The number of ketones is 1. The Bertz CT molecular complexity index is 1170. The zero-order valence-corrected chi connectivity index (χ0v) is 22.0. The van der Waals surface area contributed by atoms with Gasteiger partial charge in [-0.1, -0.05) is 11.6 Å². The number of nitrogens with two attached hydrogens (primary N) is 1. The number of benzene rings is 2. The molecule has 4 rings (SSSR count). The summed E-state index contributed by atoms with van der Waals surface area (Å²) in [6.07, 6.45) is -2.30. The fourth-order valence-corrected chi connectivity index (χ4v) is 4.60. The predicted octanol–water partition coefficient (Wildman–Crippen LogP) is 3.86. The molecule has 1 saturated heterocycles. The molecular formula is C26H31ClF3N3O6. The van der Waals surface area contributed by atoms with Crippen LogP contribution < -0.4 is 20.5 Å². The molecular weight excluding hydrogens is 543 g/mol. The molecule has 13 heteroatoms. The van der Waals surface area contributed by atoms with Gasteiger partial charge < -0.3 is 35.6 Å². The summed E-state index contributed by atoms with van der Waals surface area (Å²) >= 11 is 6.13. The third-order valence-electron chi connectivity index (χ3n) is 6.31. The molecule has 1 atom stereocenters. The van der Waals surface area contributed by atoms with Crippen LogP contribution in [0, 0.1) is 0 Å². The van der Waals surface area contributed by atoms with Crippen LogP contribution in [0.25, 0.3) is 0 Å². The highest BCUT2D eigenvalue weighted by molar-refractivity contribution is 6.30. The maximum atomic E-state index is 11.3. The van der Waals surface area contributed by atoms with Crippen molar-refractivity contribution in [1.29, 1.82) is 0 Å². The number of hydrogen-bond donors (Lipinski definition) is 4. The molecule has 9 nitrogen and oxygen atoms in total. The number of carbonyl (C=O) groups excluding carboxylic acids is 1. The number of anilines is 1. The number of hydrogen-bond acceptors (Lipinski definition) is 8. The van der Waals surface area contributed by atoms with Crippen molar-refractivity contribution >= 4 is 29.0 Å². The van der Waals surface area contributed by atoms with Crippen molar-refractivity contribution < 1.29 is 42.4 Å². The van der Waals surface area contributed by atoms with Gasteiger partial charge in [0.2, 0.25) is 0 Å². The molecule has 2 aromatic rings. The molecule has 2 heterocycles. The number of carboxylic acid groups (broad SMARTS) is 1. The fourth-order valence-electron chi connectivity index (χ4n) is 4.40. The van der Waals surface area contributed by atoms with Gasteiger partial charge in [0.25, 0.3) is 0 Å². The lowest BCUT2D eigenvalue weighted by Crippen LogP contribution is -2.51. The molecule has 0 radical (unpaired) electrons. The van der Waals surface area contributed by atoms with Crippen LogP contribution in [0.3, 0.4) is 0 Å². The number of rotatable bonds is 8. The Hall–Kier alpha value is -3.22. The maximum absolute atomic E-state index is 11.3. The van der Waals surface area contributed by atoms with Crippen molar-refractivity contribution in [3.05, 3.63) is 47.0 Å². The Balaban J connectivity index is 0.000000532. The largest absolute Gasteiger partial charge is 0.508 e. The number of alkyl halides is 3. The smallest absolute Gasteiger partial charge is 0.490 e. The number of carboxylic acids is 1. The molecule has 0 amide bonds. The first-order chi connectivity index (χ1) is 18.3. The SMILES string of the molecule is CC(=O)CNc1ccc(O)cc1OC[C@H](N)CN1CCC2(CC1)Cc1cc(Cl)ccc1O2.O=C(O)C(F)(F)F. The van der Waals surface area contributed by atoms with E-state index in [1.54, 1.807) is 12.1 Å². The number of halogens is 4. The van der Waals surface area contributed by atoms with E-state index in [9.17, 15) is 23.1 Å². The topological polar surface area (TPSA) is 134 Å². The summed E-state index contributed by atoms with van der Waals surface area (Å²) in [6.45, 7) is 4.54. The van der Waals surface area contributed by atoms with Crippen LogP contribution in [0.4, 0.5) is 18.9 Å². The molecule has 0 bridgehead atoms. The quantitative estimate of drug-likeness (QED) is 0.347. The Morgan fingerprint density at radius 3 is 2.51 bits per heavy atom. The maximum Gasteiger partial charge on any atom is 0.490 e. The molecule has 0 saturated carbocycles. The first-order valence-corrected chi connectivity index (χ1v) is 12.6. The van der Waals surface area contributed by atoms with E-state index < -0.39 is 12.1 Å². The number of aliphatic carboxylic acids is 1. The highest BCUT2D eigenvalue weighted by Gasteiger charge is 2.42. The molecule has 0 aromatic heterocycles. The normalized spacial score (nSPS) is 16.9. The molecule has 2 aromatic carbocycles. The molecule has 0 aliphatic carbocycles. The number of nitrogens with zero attached hydrogens (tertiary/aromatic N) is 1. The summed E-state index contributed by atoms with van der Waals surface area (Å²) in [5.41, 5.74) is 8.05. The van der Waals surface area contributed by atoms with E-state index in [0.29, 0.717) is 24.6 Å². The zero-order chi connectivity index (χ0) is 28.8. The summed E-state index contributed by atoms with van der Waals surface area (Å²) in [5, 5.41) is 20.7. The standard InChI is InChI=1S/C24H30ClN3O4.C2HF3O2/c1-16(29)13-27-21-4-3-20(30)11-23(21)31-15-19(26)14-28-8-6-24(7-9-28)12-17-10-18(25)2-5-22(17)32-24;3-2(4,5)1(6)7/h2-5,10-11,19,27,30H,6-9,12-15,26H2,1H3;(H,6,7)/t19-;/m1./s1. The van der Waals surface area contributed by atoms with Crippen LogP contribution in [0.2, 0.25) is 5.02 Å². The first kappa shape index (κ1) is 30.3. The van der Waals surface area contributed by atoms with Crippen LogP contribution in [-0.4, -0.2) is 77.5 Å². The van der Waals surface area contributed by atoms with Crippen LogP contribution >= 0.6 is 11.6 Å². The van der Waals surface area contributed by atoms with Crippen LogP contribution in [0.15, 0.2) is 36.4 Å². The lowest BCUT2D eigenvalue weighted by molar-refractivity contribution is -0.192. The number of likely N-dealkylation sites (tertiary alicyclic amines) is 1. The molecule has 5 N–H and O–H groups in total. The Kier molecular flexibility index (Phi) is 9.92. The van der Waals surface area contributed by atoms with Gasteiger partial charge in [-0.15, -0.1) is 0 Å². The van der Waals surface area contributed by atoms with Crippen molar-refractivity contribution in [1.82, 2.24) is 4.90 Å².